The summed E-state index contributed by atoms with van der Waals surface area (Å²) in [6.07, 6.45) is -5.02. The summed E-state index contributed by atoms with van der Waals surface area (Å²) < 4.78 is 44.1. The van der Waals surface area contributed by atoms with Crippen LogP contribution in [-0.2, 0) is 26.9 Å². The topological polar surface area (TPSA) is 84.5 Å². The standard InChI is InChI=1S/C20H19F3N2O4/c1-29-19(28)16(11-14-9-5-6-10-15(14)20(21,22)23)25-17(26)12-24-18(27)13-7-3-2-4-8-13/h2-10,16H,11-12H2,1H3,(H,24,27)(H,25,26)/t16-/m0/s1. The van der Waals surface area contributed by atoms with Crippen molar-refractivity contribution in [3.05, 3.63) is 71.3 Å². The molecule has 6 nitrogen and oxygen atoms in total. The molecule has 2 rings (SSSR count). The maximum atomic E-state index is 13.2. The molecular weight excluding hydrogens is 389 g/mol. The maximum Gasteiger partial charge on any atom is 0.416 e. The largest absolute Gasteiger partial charge is 0.467 e. The highest BCUT2D eigenvalue weighted by Crippen LogP contribution is 2.32. The van der Waals surface area contributed by atoms with Crippen LogP contribution in [0.5, 0.6) is 0 Å². The van der Waals surface area contributed by atoms with Gasteiger partial charge in [0.1, 0.15) is 6.04 Å². The Morgan fingerprint density at radius 2 is 1.62 bits per heavy atom. The molecule has 0 aliphatic carbocycles. The number of hydrogen-bond donors (Lipinski definition) is 2. The zero-order valence-corrected chi connectivity index (χ0v) is 15.5. The molecule has 0 saturated heterocycles. The normalized spacial score (nSPS) is 12.0. The van der Waals surface area contributed by atoms with Crippen molar-refractivity contribution in [1.29, 1.82) is 0 Å². The lowest BCUT2D eigenvalue weighted by Gasteiger charge is -2.19. The molecule has 2 aromatic rings. The second kappa shape index (κ2) is 9.72. The average Bonchev–Trinajstić information content (AvgIpc) is 2.71. The minimum Gasteiger partial charge on any atom is -0.467 e. The van der Waals surface area contributed by atoms with Gasteiger partial charge in [-0.25, -0.2) is 4.79 Å². The van der Waals surface area contributed by atoms with Crippen LogP contribution in [0.2, 0.25) is 0 Å². The Morgan fingerprint density at radius 1 is 1.00 bits per heavy atom. The number of carbonyl (C=O) groups is 3. The Kier molecular flexibility index (Phi) is 7.35. The van der Waals surface area contributed by atoms with Crippen LogP contribution in [0.25, 0.3) is 0 Å². The monoisotopic (exact) mass is 408 g/mol. The predicted molar refractivity (Wildman–Crippen MR) is 97.9 cm³/mol. The van der Waals surface area contributed by atoms with E-state index in [0.717, 1.165) is 13.2 Å². The van der Waals surface area contributed by atoms with Gasteiger partial charge in [-0.3, -0.25) is 9.59 Å². The van der Waals surface area contributed by atoms with Gasteiger partial charge in [0.15, 0.2) is 0 Å². The third-order valence-corrected chi connectivity index (χ3v) is 4.01. The van der Waals surface area contributed by atoms with E-state index in [2.05, 4.69) is 15.4 Å². The van der Waals surface area contributed by atoms with Gasteiger partial charge in [-0.2, -0.15) is 13.2 Å². The molecule has 154 valence electrons. The Balaban J connectivity index is 2.05. The van der Waals surface area contributed by atoms with Crippen molar-refractivity contribution in [2.24, 2.45) is 0 Å². The van der Waals surface area contributed by atoms with Crippen LogP contribution >= 0.6 is 0 Å². The van der Waals surface area contributed by atoms with Crippen LogP contribution in [0.3, 0.4) is 0 Å². The number of nitrogens with one attached hydrogen (secondary N) is 2. The zero-order chi connectivity index (χ0) is 21.4. The molecule has 0 aromatic heterocycles. The van der Waals surface area contributed by atoms with Crippen molar-refractivity contribution in [2.75, 3.05) is 13.7 Å². The van der Waals surface area contributed by atoms with E-state index < -0.39 is 48.5 Å². The Labute approximate surface area is 165 Å². The third kappa shape index (κ3) is 6.34. The van der Waals surface area contributed by atoms with Crippen molar-refractivity contribution in [3.63, 3.8) is 0 Å². The summed E-state index contributed by atoms with van der Waals surface area (Å²) in [5, 5.41) is 4.68. The molecule has 2 N–H and O–H groups in total. The Bertz CT molecular complexity index is 870. The fraction of sp³-hybridized carbons (Fsp3) is 0.250. The van der Waals surface area contributed by atoms with Gasteiger partial charge in [-0.15, -0.1) is 0 Å². The highest BCUT2D eigenvalue weighted by Gasteiger charge is 2.34. The van der Waals surface area contributed by atoms with Gasteiger partial charge >= 0.3 is 12.1 Å². The average molecular weight is 408 g/mol. The number of esters is 1. The molecule has 0 aliphatic rings. The minimum absolute atomic E-state index is 0.163. The van der Waals surface area contributed by atoms with E-state index in [0.29, 0.717) is 5.56 Å². The third-order valence-electron chi connectivity index (χ3n) is 4.01. The summed E-state index contributed by atoms with van der Waals surface area (Å²) in [6.45, 7) is -0.456. The summed E-state index contributed by atoms with van der Waals surface area (Å²) in [5.74, 6) is -2.14. The van der Waals surface area contributed by atoms with Crippen molar-refractivity contribution >= 4 is 17.8 Å². The number of amides is 2. The van der Waals surface area contributed by atoms with Crippen LogP contribution in [0.15, 0.2) is 54.6 Å². The summed E-state index contributed by atoms with van der Waals surface area (Å²) in [4.78, 5) is 36.1. The lowest BCUT2D eigenvalue weighted by molar-refractivity contribution is -0.145. The lowest BCUT2D eigenvalue weighted by Crippen LogP contribution is -2.47. The van der Waals surface area contributed by atoms with Gasteiger partial charge in [0.25, 0.3) is 5.91 Å². The zero-order valence-electron chi connectivity index (χ0n) is 15.5. The lowest BCUT2D eigenvalue weighted by atomic mass is 9.99. The van der Waals surface area contributed by atoms with E-state index in [9.17, 15) is 27.6 Å². The van der Waals surface area contributed by atoms with Gasteiger partial charge in [0.05, 0.1) is 19.2 Å². The number of benzene rings is 2. The second-order valence-corrected chi connectivity index (χ2v) is 6.05. The summed E-state index contributed by atoms with van der Waals surface area (Å²) in [6, 6.07) is 11.6. The SMILES string of the molecule is COC(=O)[C@H](Cc1ccccc1C(F)(F)F)NC(=O)CNC(=O)c1ccccc1. The molecule has 1 atom stereocenters. The van der Waals surface area contributed by atoms with Gasteiger partial charge in [-0.05, 0) is 23.8 Å². The van der Waals surface area contributed by atoms with E-state index in [4.69, 9.17) is 0 Å². The number of hydrogen-bond acceptors (Lipinski definition) is 4. The first-order valence-electron chi connectivity index (χ1n) is 8.58. The second-order valence-electron chi connectivity index (χ2n) is 6.05. The number of rotatable bonds is 7. The summed E-state index contributed by atoms with van der Waals surface area (Å²) in [7, 11) is 1.06. The molecule has 2 amide bonds. The van der Waals surface area contributed by atoms with Gasteiger partial charge in [0, 0.05) is 12.0 Å². The molecule has 0 saturated carbocycles. The fourth-order valence-electron chi connectivity index (χ4n) is 2.63. The molecular formula is C20H19F3N2O4. The van der Waals surface area contributed by atoms with Crippen molar-refractivity contribution < 1.29 is 32.3 Å². The summed E-state index contributed by atoms with van der Waals surface area (Å²) in [5.41, 5.74) is -0.728. The molecule has 0 bridgehead atoms. The smallest absolute Gasteiger partial charge is 0.416 e. The Morgan fingerprint density at radius 3 is 2.24 bits per heavy atom. The molecule has 9 heteroatoms. The number of halogens is 3. The van der Waals surface area contributed by atoms with E-state index in [1.165, 1.54) is 18.2 Å². The minimum atomic E-state index is -4.61. The van der Waals surface area contributed by atoms with Gasteiger partial charge in [0.2, 0.25) is 5.91 Å². The van der Waals surface area contributed by atoms with E-state index in [-0.39, 0.29) is 5.56 Å². The molecule has 0 heterocycles. The molecule has 0 fully saturated rings. The number of alkyl halides is 3. The molecule has 0 radical (unpaired) electrons. The van der Waals surface area contributed by atoms with Gasteiger partial charge < -0.3 is 15.4 Å². The van der Waals surface area contributed by atoms with Crippen LogP contribution < -0.4 is 10.6 Å². The van der Waals surface area contributed by atoms with Crippen molar-refractivity contribution in [1.82, 2.24) is 10.6 Å². The molecule has 2 aromatic carbocycles. The summed E-state index contributed by atoms with van der Waals surface area (Å²) >= 11 is 0. The molecule has 0 spiro atoms. The van der Waals surface area contributed by atoms with Gasteiger partial charge in [-0.1, -0.05) is 36.4 Å². The molecule has 29 heavy (non-hydrogen) atoms. The van der Waals surface area contributed by atoms with E-state index >= 15 is 0 Å². The Hall–Kier alpha value is -3.36. The van der Waals surface area contributed by atoms with Crippen LogP contribution in [0.4, 0.5) is 13.2 Å². The predicted octanol–water partition coefficient (Wildman–Crippen LogP) is 2.34. The van der Waals surface area contributed by atoms with Crippen LogP contribution in [-0.4, -0.2) is 37.5 Å². The number of methoxy groups -OCH3 is 1. The maximum absolute atomic E-state index is 13.2. The van der Waals surface area contributed by atoms with E-state index in [1.807, 2.05) is 0 Å². The molecule has 0 unspecified atom stereocenters. The fourth-order valence-corrected chi connectivity index (χ4v) is 2.63. The van der Waals surface area contributed by atoms with Crippen LogP contribution in [0, 0.1) is 0 Å². The first kappa shape index (κ1) is 21.9. The molecule has 0 aliphatic heterocycles. The quantitative estimate of drug-likeness (QED) is 0.689. The first-order valence-corrected chi connectivity index (χ1v) is 8.58. The first-order chi connectivity index (χ1) is 13.7. The van der Waals surface area contributed by atoms with Crippen LogP contribution in [0.1, 0.15) is 21.5 Å². The van der Waals surface area contributed by atoms with Crippen molar-refractivity contribution in [2.45, 2.75) is 18.6 Å². The highest BCUT2D eigenvalue weighted by molar-refractivity contribution is 5.96. The number of ether oxygens (including phenoxy) is 1. The number of carbonyl (C=O) groups excluding carboxylic acids is 3. The van der Waals surface area contributed by atoms with E-state index in [1.54, 1.807) is 30.3 Å². The van der Waals surface area contributed by atoms with Crippen molar-refractivity contribution in [3.8, 4) is 0 Å². The highest BCUT2D eigenvalue weighted by atomic mass is 19.4.